The third-order valence-electron chi connectivity index (χ3n) is 2.87. The summed E-state index contributed by atoms with van der Waals surface area (Å²) in [6.45, 7) is 6.73. The van der Waals surface area contributed by atoms with Crippen molar-refractivity contribution in [2.45, 2.75) is 32.7 Å². The fourth-order valence-electron chi connectivity index (χ4n) is 2.02. The highest BCUT2D eigenvalue weighted by molar-refractivity contribution is 9.10. The van der Waals surface area contributed by atoms with Crippen LogP contribution < -0.4 is 10.1 Å². The van der Waals surface area contributed by atoms with Gasteiger partial charge < -0.3 is 14.8 Å². The Morgan fingerprint density at radius 2 is 2.11 bits per heavy atom. The third kappa shape index (κ3) is 5.93. The molecule has 4 heteroatoms. The van der Waals surface area contributed by atoms with Crippen LogP contribution in [-0.2, 0) is 11.2 Å². The lowest BCUT2D eigenvalue weighted by molar-refractivity contribution is 0.112. The molecular formula is C15H24BrNO2. The second-order valence-electron chi connectivity index (χ2n) is 4.49. The van der Waals surface area contributed by atoms with Crippen molar-refractivity contribution in [3.05, 3.63) is 28.2 Å². The predicted octanol–water partition coefficient (Wildman–Crippen LogP) is 3.40. The number of likely N-dealkylation sites (N-methyl/N-ethyl adjacent to an activating group) is 1. The van der Waals surface area contributed by atoms with Gasteiger partial charge in [-0.15, -0.1) is 0 Å². The zero-order valence-corrected chi connectivity index (χ0v) is 13.6. The van der Waals surface area contributed by atoms with Crippen LogP contribution in [0.25, 0.3) is 0 Å². The number of benzene rings is 1. The molecule has 1 rings (SSSR count). The second kappa shape index (κ2) is 9.34. The molecular weight excluding hydrogens is 306 g/mol. The van der Waals surface area contributed by atoms with Crippen LogP contribution in [0.1, 0.15) is 25.8 Å². The van der Waals surface area contributed by atoms with Gasteiger partial charge in [0.15, 0.2) is 0 Å². The van der Waals surface area contributed by atoms with Gasteiger partial charge in [-0.1, -0.05) is 29.8 Å². The summed E-state index contributed by atoms with van der Waals surface area (Å²) in [6, 6.07) is 6.43. The normalized spacial score (nSPS) is 12.4. The summed E-state index contributed by atoms with van der Waals surface area (Å²) in [5.74, 6) is 0.932. The van der Waals surface area contributed by atoms with Crippen molar-refractivity contribution >= 4 is 15.9 Å². The molecule has 1 aromatic rings. The maximum atomic E-state index is 5.66. The molecule has 0 bridgehead atoms. The highest BCUT2D eigenvalue weighted by Crippen LogP contribution is 2.24. The van der Waals surface area contributed by atoms with Crippen LogP contribution in [0.3, 0.4) is 0 Å². The van der Waals surface area contributed by atoms with Crippen molar-refractivity contribution in [3.8, 4) is 5.75 Å². The summed E-state index contributed by atoms with van der Waals surface area (Å²) >= 11 is 3.51. The van der Waals surface area contributed by atoms with E-state index >= 15 is 0 Å². The molecule has 1 aromatic carbocycles. The average molecular weight is 330 g/mol. The Balaban J connectivity index is 2.68. The first-order valence-corrected chi connectivity index (χ1v) is 7.64. The SMILES string of the molecule is CCCOCC(Cc1cc(Br)ccc1OC)NCC. The van der Waals surface area contributed by atoms with Gasteiger partial charge in [-0.3, -0.25) is 0 Å². The molecule has 0 aliphatic carbocycles. The molecule has 19 heavy (non-hydrogen) atoms. The van der Waals surface area contributed by atoms with Crippen LogP contribution in [0.4, 0.5) is 0 Å². The molecule has 0 radical (unpaired) electrons. The summed E-state index contributed by atoms with van der Waals surface area (Å²) < 4.78 is 12.2. The van der Waals surface area contributed by atoms with E-state index in [1.165, 1.54) is 5.56 Å². The second-order valence-corrected chi connectivity index (χ2v) is 5.41. The van der Waals surface area contributed by atoms with Crippen molar-refractivity contribution in [2.75, 3.05) is 26.9 Å². The molecule has 0 saturated carbocycles. The largest absolute Gasteiger partial charge is 0.496 e. The maximum Gasteiger partial charge on any atom is 0.122 e. The molecule has 0 saturated heterocycles. The van der Waals surface area contributed by atoms with Gasteiger partial charge in [-0.2, -0.15) is 0 Å². The van der Waals surface area contributed by atoms with Gasteiger partial charge in [0, 0.05) is 17.1 Å². The van der Waals surface area contributed by atoms with Crippen LogP contribution in [-0.4, -0.2) is 32.9 Å². The Labute approximate surface area is 124 Å². The molecule has 0 amide bonds. The van der Waals surface area contributed by atoms with E-state index in [1.807, 2.05) is 12.1 Å². The van der Waals surface area contributed by atoms with Crippen molar-refractivity contribution < 1.29 is 9.47 Å². The van der Waals surface area contributed by atoms with Crippen LogP contribution in [0, 0.1) is 0 Å². The van der Waals surface area contributed by atoms with Crippen molar-refractivity contribution in [2.24, 2.45) is 0 Å². The van der Waals surface area contributed by atoms with Gasteiger partial charge in [0.2, 0.25) is 0 Å². The Bertz CT molecular complexity index is 371. The first-order valence-electron chi connectivity index (χ1n) is 6.84. The molecule has 0 spiro atoms. The van der Waals surface area contributed by atoms with E-state index < -0.39 is 0 Å². The molecule has 0 aromatic heterocycles. The Hall–Kier alpha value is -0.580. The molecule has 1 unspecified atom stereocenters. The Kier molecular flexibility index (Phi) is 8.10. The number of ether oxygens (including phenoxy) is 2. The summed E-state index contributed by atoms with van der Waals surface area (Å²) in [4.78, 5) is 0. The van der Waals surface area contributed by atoms with E-state index in [0.29, 0.717) is 6.04 Å². The van der Waals surface area contributed by atoms with Gasteiger partial charge in [-0.05, 0) is 43.1 Å². The summed E-state index contributed by atoms with van der Waals surface area (Å²) in [7, 11) is 1.71. The molecule has 3 nitrogen and oxygen atoms in total. The summed E-state index contributed by atoms with van der Waals surface area (Å²) in [6.07, 6.45) is 1.96. The van der Waals surface area contributed by atoms with Gasteiger partial charge in [0.05, 0.1) is 13.7 Å². The van der Waals surface area contributed by atoms with Gasteiger partial charge in [-0.25, -0.2) is 0 Å². The standard InChI is InChI=1S/C15H24BrNO2/c1-4-8-19-11-14(17-5-2)10-12-9-13(16)6-7-15(12)18-3/h6-7,9,14,17H,4-5,8,10-11H2,1-3H3. The minimum absolute atomic E-state index is 0.319. The van der Waals surface area contributed by atoms with E-state index in [-0.39, 0.29) is 0 Å². The predicted molar refractivity (Wildman–Crippen MR) is 83.0 cm³/mol. The minimum atomic E-state index is 0.319. The van der Waals surface area contributed by atoms with E-state index in [2.05, 4.69) is 41.2 Å². The zero-order chi connectivity index (χ0) is 14.1. The molecule has 0 aliphatic heterocycles. The van der Waals surface area contributed by atoms with Gasteiger partial charge in [0.25, 0.3) is 0 Å². The highest BCUT2D eigenvalue weighted by atomic mass is 79.9. The van der Waals surface area contributed by atoms with Crippen LogP contribution in [0.15, 0.2) is 22.7 Å². The molecule has 1 N–H and O–H groups in total. The number of nitrogens with one attached hydrogen (secondary N) is 1. The van der Waals surface area contributed by atoms with Crippen LogP contribution in [0.2, 0.25) is 0 Å². The fourth-order valence-corrected chi connectivity index (χ4v) is 2.43. The van der Waals surface area contributed by atoms with Crippen LogP contribution in [0.5, 0.6) is 5.75 Å². The van der Waals surface area contributed by atoms with Crippen molar-refractivity contribution in [1.29, 1.82) is 0 Å². The lowest BCUT2D eigenvalue weighted by Gasteiger charge is -2.19. The topological polar surface area (TPSA) is 30.5 Å². The number of methoxy groups -OCH3 is 1. The number of halogens is 1. The zero-order valence-electron chi connectivity index (χ0n) is 12.0. The highest BCUT2D eigenvalue weighted by Gasteiger charge is 2.12. The lowest BCUT2D eigenvalue weighted by Crippen LogP contribution is -2.35. The smallest absolute Gasteiger partial charge is 0.122 e. The van der Waals surface area contributed by atoms with E-state index in [9.17, 15) is 0 Å². The fraction of sp³-hybridized carbons (Fsp3) is 0.600. The minimum Gasteiger partial charge on any atom is -0.496 e. The Morgan fingerprint density at radius 1 is 1.32 bits per heavy atom. The monoisotopic (exact) mass is 329 g/mol. The van der Waals surface area contributed by atoms with E-state index in [4.69, 9.17) is 9.47 Å². The molecule has 0 heterocycles. The van der Waals surface area contributed by atoms with Gasteiger partial charge >= 0.3 is 0 Å². The van der Waals surface area contributed by atoms with Gasteiger partial charge in [0.1, 0.15) is 5.75 Å². The molecule has 1 atom stereocenters. The number of hydrogen-bond acceptors (Lipinski definition) is 3. The van der Waals surface area contributed by atoms with Crippen LogP contribution >= 0.6 is 15.9 Å². The average Bonchev–Trinajstić information content (AvgIpc) is 2.39. The quantitative estimate of drug-likeness (QED) is 0.704. The molecule has 108 valence electrons. The maximum absolute atomic E-state index is 5.66. The molecule has 0 aliphatic rings. The summed E-state index contributed by atoms with van der Waals surface area (Å²) in [5.41, 5.74) is 1.20. The van der Waals surface area contributed by atoms with Crippen molar-refractivity contribution in [1.82, 2.24) is 5.32 Å². The number of hydrogen-bond donors (Lipinski definition) is 1. The number of rotatable bonds is 9. The first-order chi connectivity index (χ1) is 9.21. The third-order valence-corrected chi connectivity index (χ3v) is 3.36. The summed E-state index contributed by atoms with van der Waals surface area (Å²) in [5, 5.41) is 3.46. The molecule has 0 fully saturated rings. The first kappa shape index (κ1) is 16.5. The lowest BCUT2D eigenvalue weighted by atomic mass is 10.1. The van der Waals surface area contributed by atoms with E-state index in [1.54, 1.807) is 7.11 Å². The van der Waals surface area contributed by atoms with E-state index in [0.717, 1.165) is 42.8 Å². The van der Waals surface area contributed by atoms with Crippen molar-refractivity contribution in [3.63, 3.8) is 0 Å². The Morgan fingerprint density at radius 3 is 2.74 bits per heavy atom.